The summed E-state index contributed by atoms with van der Waals surface area (Å²) in [7, 11) is 1.97. The SMILES string of the molecule is C[n+]1ccc(-c2nc3ccc(N)cc3o2)cc1. The Balaban J connectivity index is 2.14. The predicted octanol–water partition coefficient (Wildman–Crippen LogP) is 1.90. The van der Waals surface area contributed by atoms with Crippen LogP contribution in [0.15, 0.2) is 47.1 Å². The Morgan fingerprint density at radius 1 is 1.18 bits per heavy atom. The van der Waals surface area contributed by atoms with E-state index in [1.165, 1.54) is 0 Å². The van der Waals surface area contributed by atoms with Gasteiger partial charge in [-0.1, -0.05) is 0 Å². The molecule has 3 rings (SSSR count). The fraction of sp³-hybridized carbons (Fsp3) is 0.0769. The number of nitrogens with two attached hydrogens (primary N) is 1. The minimum Gasteiger partial charge on any atom is -0.436 e. The predicted molar refractivity (Wildman–Crippen MR) is 65.0 cm³/mol. The zero-order chi connectivity index (χ0) is 11.8. The van der Waals surface area contributed by atoms with Gasteiger partial charge in [0.25, 0.3) is 0 Å². The molecule has 0 saturated carbocycles. The molecule has 0 fully saturated rings. The van der Waals surface area contributed by atoms with Gasteiger partial charge >= 0.3 is 0 Å². The van der Waals surface area contributed by atoms with Crippen LogP contribution in [-0.4, -0.2) is 4.98 Å². The molecule has 0 radical (unpaired) electrons. The van der Waals surface area contributed by atoms with E-state index >= 15 is 0 Å². The number of pyridine rings is 1. The van der Waals surface area contributed by atoms with Crippen LogP contribution in [0.2, 0.25) is 0 Å². The minimum atomic E-state index is 0.617. The number of benzene rings is 1. The van der Waals surface area contributed by atoms with Crippen molar-refractivity contribution < 1.29 is 8.98 Å². The maximum absolute atomic E-state index is 5.70. The Hall–Kier alpha value is -2.36. The summed E-state index contributed by atoms with van der Waals surface area (Å²) in [6.07, 6.45) is 3.91. The Bertz CT molecular complexity index is 671. The Labute approximate surface area is 98.3 Å². The third-order valence-corrected chi connectivity index (χ3v) is 2.64. The van der Waals surface area contributed by atoms with Crippen molar-refractivity contribution in [3.05, 3.63) is 42.7 Å². The second-order valence-corrected chi connectivity index (χ2v) is 4.00. The number of fused-ring (bicyclic) bond motifs is 1. The Morgan fingerprint density at radius 3 is 2.71 bits per heavy atom. The van der Waals surface area contributed by atoms with E-state index in [9.17, 15) is 0 Å². The summed E-state index contributed by atoms with van der Waals surface area (Å²) in [5.41, 5.74) is 8.87. The van der Waals surface area contributed by atoms with Gasteiger partial charge in [-0.3, -0.25) is 0 Å². The van der Waals surface area contributed by atoms with Gasteiger partial charge in [-0.25, -0.2) is 9.55 Å². The first-order valence-electron chi connectivity index (χ1n) is 5.34. The number of aryl methyl sites for hydroxylation is 1. The molecule has 2 N–H and O–H groups in total. The summed E-state index contributed by atoms with van der Waals surface area (Å²) in [6, 6.07) is 9.40. The number of anilines is 1. The van der Waals surface area contributed by atoms with Crippen molar-refractivity contribution in [3.8, 4) is 11.5 Å². The highest BCUT2D eigenvalue weighted by Gasteiger charge is 2.09. The van der Waals surface area contributed by atoms with Crippen LogP contribution in [0, 0.1) is 0 Å². The lowest BCUT2D eigenvalue weighted by molar-refractivity contribution is -0.671. The van der Waals surface area contributed by atoms with E-state index in [2.05, 4.69) is 4.98 Å². The lowest BCUT2D eigenvalue weighted by Gasteiger charge is -1.91. The van der Waals surface area contributed by atoms with E-state index in [-0.39, 0.29) is 0 Å². The van der Waals surface area contributed by atoms with Crippen LogP contribution in [0.1, 0.15) is 0 Å². The van der Waals surface area contributed by atoms with Crippen molar-refractivity contribution in [2.45, 2.75) is 0 Å². The summed E-state index contributed by atoms with van der Waals surface area (Å²) < 4.78 is 7.64. The molecule has 0 aliphatic heterocycles. The number of rotatable bonds is 1. The van der Waals surface area contributed by atoms with Gasteiger partial charge in [0.05, 0.1) is 0 Å². The maximum atomic E-state index is 5.70. The summed E-state index contributed by atoms with van der Waals surface area (Å²) in [5.74, 6) is 0.617. The molecule has 3 aromatic rings. The van der Waals surface area contributed by atoms with Crippen molar-refractivity contribution in [2.24, 2.45) is 7.05 Å². The van der Waals surface area contributed by atoms with Crippen LogP contribution >= 0.6 is 0 Å². The molecule has 84 valence electrons. The molecule has 0 unspecified atom stereocenters. The number of hydrogen-bond donors (Lipinski definition) is 1. The molecule has 0 bridgehead atoms. The first-order chi connectivity index (χ1) is 8.22. The van der Waals surface area contributed by atoms with Gasteiger partial charge in [-0.2, -0.15) is 0 Å². The van der Waals surface area contributed by atoms with Gasteiger partial charge in [0.15, 0.2) is 18.0 Å². The highest BCUT2D eigenvalue weighted by Crippen LogP contribution is 2.24. The molecule has 2 aromatic heterocycles. The second kappa shape index (κ2) is 3.59. The molecular formula is C13H12N3O+. The lowest BCUT2D eigenvalue weighted by atomic mass is 10.3. The summed E-state index contributed by atoms with van der Waals surface area (Å²) in [4.78, 5) is 4.42. The highest BCUT2D eigenvalue weighted by molar-refractivity contribution is 5.79. The van der Waals surface area contributed by atoms with E-state index in [1.54, 1.807) is 6.07 Å². The monoisotopic (exact) mass is 226 g/mol. The zero-order valence-electron chi connectivity index (χ0n) is 9.42. The first-order valence-corrected chi connectivity index (χ1v) is 5.34. The number of oxazole rings is 1. The largest absolute Gasteiger partial charge is 0.436 e. The molecular weight excluding hydrogens is 214 g/mol. The van der Waals surface area contributed by atoms with E-state index in [0.29, 0.717) is 17.2 Å². The number of nitrogens with zero attached hydrogens (tertiary/aromatic N) is 2. The lowest BCUT2D eigenvalue weighted by Crippen LogP contribution is -2.25. The topological polar surface area (TPSA) is 55.9 Å². The molecule has 0 spiro atoms. The minimum absolute atomic E-state index is 0.617. The fourth-order valence-electron chi connectivity index (χ4n) is 1.71. The molecule has 0 saturated heterocycles. The average molecular weight is 226 g/mol. The van der Waals surface area contributed by atoms with Crippen molar-refractivity contribution in [2.75, 3.05) is 5.73 Å². The summed E-state index contributed by atoms with van der Waals surface area (Å²) in [6.45, 7) is 0. The van der Waals surface area contributed by atoms with Crippen molar-refractivity contribution >= 4 is 16.8 Å². The first kappa shape index (κ1) is 9.84. The Kier molecular flexibility index (Phi) is 2.08. The van der Waals surface area contributed by atoms with Crippen molar-refractivity contribution in [3.63, 3.8) is 0 Å². The fourth-order valence-corrected chi connectivity index (χ4v) is 1.71. The second-order valence-electron chi connectivity index (χ2n) is 4.00. The van der Waals surface area contributed by atoms with Gasteiger partial charge in [0.2, 0.25) is 5.89 Å². The quantitative estimate of drug-likeness (QED) is 0.509. The van der Waals surface area contributed by atoms with Crippen LogP contribution < -0.4 is 10.3 Å². The van der Waals surface area contributed by atoms with E-state index in [4.69, 9.17) is 10.2 Å². The number of nitrogen functional groups attached to an aromatic ring is 1. The van der Waals surface area contributed by atoms with Crippen LogP contribution in [-0.2, 0) is 7.05 Å². The van der Waals surface area contributed by atoms with Gasteiger partial charge < -0.3 is 10.2 Å². The van der Waals surface area contributed by atoms with Gasteiger partial charge in [0.1, 0.15) is 12.6 Å². The maximum Gasteiger partial charge on any atom is 0.227 e. The third-order valence-electron chi connectivity index (χ3n) is 2.64. The standard InChI is InChI=1S/C13H11N3O/c1-16-6-4-9(5-7-16)13-15-11-3-2-10(14)8-12(11)17-13/h2-8,14H,1H3/p+1. The number of aromatic nitrogens is 2. The smallest absolute Gasteiger partial charge is 0.227 e. The van der Waals surface area contributed by atoms with E-state index in [0.717, 1.165) is 11.1 Å². The summed E-state index contributed by atoms with van der Waals surface area (Å²) in [5, 5.41) is 0. The number of hydrogen-bond acceptors (Lipinski definition) is 3. The van der Waals surface area contributed by atoms with Crippen molar-refractivity contribution in [1.29, 1.82) is 0 Å². The summed E-state index contributed by atoms with van der Waals surface area (Å²) >= 11 is 0. The van der Waals surface area contributed by atoms with Crippen LogP contribution in [0.25, 0.3) is 22.6 Å². The Morgan fingerprint density at radius 2 is 1.94 bits per heavy atom. The van der Waals surface area contributed by atoms with Crippen LogP contribution in [0.3, 0.4) is 0 Å². The molecule has 4 nitrogen and oxygen atoms in total. The van der Waals surface area contributed by atoms with Gasteiger partial charge in [-0.05, 0) is 12.1 Å². The van der Waals surface area contributed by atoms with Crippen molar-refractivity contribution in [1.82, 2.24) is 4.98 Å². The molecule has 4 heteroatoms. The molecule has 1 aromatic carbocycles. The van der Waals surface area contributed by atoms with Crippen LogP contribution in [0.4, 0.5) is 5.69 Å². The highest BCUT2D eigenvalue weighted by atomic mass is 16.3. The molecule has 2 heterocycles. The zero-order valence-corrected chi connectivity index (χ0v) is 9.42. The van der Waals surface area contributed by atoms with E-state index < -0.39 is 0 Å². The van der Waals surface area contributed by atoms with E-state index in [1.807, 2.05) is 48.3 Å². The normalized spacial score (nSPS) is 10.9. The molecule has 17 heavy (non-hydrogen) atoms. The molecule has 0 atom stereocenters. The third kappa shape index (κ3) is 1.73. The average Bonchev–Trinajstić information content (AvgIpc) is 2.72. The molecule has 0 aliphatic rings. The van der Waals surface area contributed by atoms with Crippen LogP contribution in [0.5, 0.6) is 0 Å². The van der Waals surface area contributed by atoms with Gasteiger partial charge in [0, 0.05) is 29.4 Å². The van der Waals surface area contributed by atoms with Gasteiger partial charge in [-0.15, -0.1) is 0 Å². The molecule has 0 amide bonds. The molecule has 0 aliphatic carbocycles.